The second-order valence-electron chi connectivity index (χ2n) is 8.28. The molecule has 0 bridgehead atoms. The van der Waals surface area contributed by atoms with E-state index < -0.39 is 57.8 Å². The van der Waals surface area contributed by atoms with Gasteiger partial charge in [-0.15, -0.1) is 0 Å². The molecule has 182 valence electrons. The summed E-state index contributed by atoms with van der Waals surface area (Å²) in [6, 6.07) is 0.174. The summed E-state index contributed by atoms with van der Waals surface area (Å²) in [6.45, 7) is 0.956. The number of urea groups is 1. The first kappa shape index (κ1) is 24.1. The van der Waals surface area contributed by atoms with E-state index in [4.69, 9.17) is 11.6 Å². The van der Waals surface area contributed by atoms with Gasteiger partial charge < -0.3 is 15.3 Å². The molecule has 0 saturated carbocycles. The van der Waals surface area contributed by atoms with Crippen molar-refractivity contribution in [3.05, 3.63) is 51.7 Å². The van der Waals surface area contributed by atoms with Crippen LogP contribution in [-0.4, -0.2) is 41.7 Å². The molecule has 2 unspecified atom stereocenters. The third-order valence-corrected chi connectivity index (χ3v) is 6.34. The fourth-order valence-corrected chi connectivity index (χ4v) is 4.44. The number of fused-ring (bicyclic) bond motifs is 1. The van der Waals surface area contributed by atoms with E-state index in [0.29, 0.717) is 6.07 Å². The number of aryl methyl sites for hydroxylation is 1. The maximum atomic E-state index is 14.4. The summed E-state index contributed by atoms with van der Waals surface area (Å²) in [4.78, 5) is 31.4. The Morgan fingerprint density at radius 3 is 2.68 bits per heavy atom. The Kier molecular flexibility index (Phi) is 5.72. The summed E-state index contributed by atoms with van der Waals surface area (Å²) in [6.07, 6.45) is -4.83. The molecule has 2 heterocycles. The highest BCUT2D eigenvalue weighted by atomic mass is 35.5. The van der Waals surface area contributed by atoms with E-state index in [1.165, 1.54) is 6.92 Å². The smallest absolute Gasteiger partial charge is 0.385 e. The number of carbonyl (C=O) groups is 2. The van der Waals surface area contributed by atoms with E-state index in [-0.39, 0.29) is 36.3 Å². The van der Waals surface area contributed by atoms with Crippen LogP contribution in [0.2, 0.25) is 5.02 Å². The Morgan fingerprint density at radius 1 is 1.35 bits per heavy atom. The lowest BCUT2D eigenvalue weighted by molar-refractivity contribution is -0.140. The highest BCUT2D eigenvalue weighted by molar-refractivity contribution is 6.31. The van der Waals surface area contributed by atoms with Gasteiger partial charge in [0.2, 0.25) is 0 Å². The molecule has 1 fully saturated rings. The topological polar surface area (TPSA) is 85.8 Å². The van der Waals surface area contributed by atoms with Gasteiger partial charge in [0.05, 0.1) is 16.9 Å². The summed E-state index contributed by atoms with van der Waals surface area (Å²) < 4.78 is 69.5. The number of likely N-dealkylation sites (N-methyl/N-ethyl adjacent to an activating group) is 1. The van der Waals surface area contributed by atoms with E-state index in [2.05, 4.69) is 10.3 Å². The number of carbonyl (C=O) groups excluding carboxylic acids is 2. The summed E-state index contributed by atoms with van der Waals surface area (Å²) in [5.41, 5.74) is -3.71. The van der Waals surface area contributed by atoms with Crippen LogP contribution in [-0.2, 0) is 23.0 Å². The van der Waals surface area contributed by atoms with Crippen LogP contribution >= 0.6 is 11.6 Å². The highest BCUT2D eigenvalue weighted by Gasteiger charge is 2.47. The molecule has 2 aromatic rings. The minimum absolute atomic E-state index is 0.00373. The standard InChI is InChI=1S/C21H18ClF5N4O3/c1-20(34)6-5-11-15(20)9(21(25,26)27)7-14(29-11)31-13(8-28-19(31)33)18(32)30(2)12-4-3-10(23)16(22)17(12)24/h3-4,7,13,34H,5-6,8H2,1-2H3,(H,28,33). The molecule has 2 atom stereocenters. The fraction of sp³-hybridized carbons (Fsp3) is 0.381. The largest absolute Gasteiger partial charge is 0.416 e. The Hall–Kier alpha value is -2.99. The molecule has 34 heavy (non-hydrogen) atoms. The van der Waals surface area contributed by atoms with Gasteiger partial charge in [0.25, 0.3) is 5.91 Å². The number of amides is 3. The van der Waals surface area contributed by atoms with Crippen molar-refractivity contribution < 1.29 is 36.6 Å². The van der Waals surface area contributed by atoms with Crippen LogP contribution in [0.4, 0.5) is 38.3 Å². The number of aromatic nitrogens is 1. The average Bonchev–Trinajstić information content (AvgIpc) is 3.29. The number of alkyl halides is 3. The Balaban J connectivity index is 1.76. The number of nitrogens with zero attached hydrogens (tertiary/aromatic N) is 3. The predicted molar refractivity (Wildman–Crippen MR) is 112 cm³/mol. The van der Waals surface area contributed by atoms with Gasteiger partial charge in [-0.1, -0.05) is 11.6 Å². The van der Waals surface area contributed by atoms with Gasteiger partial charge in [0.1, 0.15) is 22.7 Å². The third-order valence-electron chi connectivity index (χ3n) is 5.99. The minimum Gasteiger partial charge on any atom is -0.385 e. The normalized spacial score (nSPS) is 22.1. The number of anilines is 2. The summed E-state index contributed by atoms with van der Waals surface area (Å²) >= 11 is 5.57. The second-order valence-corrected chi connectivity index (χ2v) is 8.66. The van der Waals surface area contributed by atoms with Gasteiger partial charge >= 0.3 is 12.2 Å². The number of nitrogens with one attached hydrogen (secondary N) is 1. The van der Waals surface area contributed by atoms with Gasteiger partial charge in [-0.2, -0.15) is 13.2 Å². The number of hydrogen-bond acceptors (Lipinski definition) is 4. The molecule has 1 aromatic heterocycles. The monoisotopic (exact) mass is 504 g/mol. The number of rotatable bonds is 3. The molecular formula is C21H18ClF5N4O3. The van der Waals surface area contributed by atoms with Gasteiger partial charge in [-0.25, -0.2) is 18.6 Å². The maximum Gasteiger partial charge on any atom is 0.416 e. The lowest BCUT2D eigenvalue weighted by atomic mass is 9.94. The molecule has 2 aliphatic rings. The van der Waals surface area contributed by atoms with E-state index in [1.54, 1.807) is 0 Å². The van der Waals surface area contributed by atoms with Crippen molar-refractivity contribution >= 4 is 35.0 Å². The molecule has 1 aliphatic carbocycles. The Morgan fingerprint density at radius 2 is 2.03 bits per heavy atom. The molecule has 1 aromatic carbocycles. The average molecular weight is 505 g/mol. The Bertz CT molecular complexity index is 1200. The molecule has 1 saturated heterocycles. The second kappa shape index (κ2) is 8.05. The van der Waals surface area contributed by atoms with Crippen molar-refractivity contribution in [2.75, 3.05) is 23.4 Å². The van der Waals surface area contributed by atoms with E-state index in [1.807, 2.05) is 0 Å². The number of hydrogen-bond donors (Lipinski definition) is 2. The van der Waals surface area contributed by atoms with E-state index in [0.717, 1.165) is 29.0 Å². The first-order valence-electron chi connectivity index (χ1n) is 10.1. The van der Waals surface area contributed by atoms with Crippen LogP contribution in [0.25, 0.3) is 0 Å². The molecule has 0 spiro atoms. The van der Waals surface area contributed by atoms with Crippen LogP contribution in [0, 0.1) is 11.6 Å². The van der Waals surface area contributed by atoms with Gasteiger partial charge in [0, 0.05) is 24.8 Å². The first-order chi connectivity index (χ1) is 15.7. The SMILES string of the molecule is CN(C(=O)C1CNC(=O)N1c1cc(C(F)(F)F)c2c(n1)CCC2(C)O)c1ccc(F)c(Cl)c1F. The molecule has 2 N–H and O–H groups in total. The molecule has 4 rings (SSSR count). The van der Waals surface area contributed by atoms with Crippen LogP contribution in [0.1, 0.15) is 30.2 Å². The van der Waals surface area contributed by atoms with Crippen LogP contribution in [0.3, 0.4) is 0 Å². The fourth-order valence-electron chi connectivity index (χ4n) is 4.28. The number of halogens is 6. The molecule has 7 nitrogen and oxygen atoms in total. The third kappa shape index (κ3) is 3.84. The maximum absolute atomic E-state index is 14.4. The van der Waals surface area contributed by atoms with E-state index >= 15 is 0 Å². The molecule has 13 heteroatoms. The van der Waals surface area contributed by atoms with Crippen LogP contribution < -0.4 is 15.1 Å². The first-order valence-corrected chi connectivity index (χ1v) is 10.4. The number of pyridine rings is 1. The number of aliphatic hydroxyl groups is 1. The van der Waals surface area contributed by atoms with Crippen molar-refractivity contribution in [1.29, 1.82) is 0 Å². The zero-order chi connectivity index (χ0) is 25.2. The lowest BCUT2D eigenvalue weighted by Crippen LogP contribution is -2.47. The van der Waals surface area contributed by atoms with Crippen molar-refractivity contribution in [3.8, 4) is 0 Å². The highest BCUT2D eigenvalue weighted by Crippen LogP contribution is 2.45. The van der Waals surface area contributed by atoms with Gasteiger partial charge in [-0.3, -0.25) is 9.69 Å². The molecule has 0 radical (unpaired) electrons. The van der Waals surface area contributed by atoms with Crippen LogP contribution in [0.5, 0.6) is 0 Å². The lowest BCUT2D eigenvalue weighted by Gasteiger charge is -2.28. The zero-order valence-electron chi connectivity index (χ0n) is 17.8. The van der Waals surface area contributed by atoms with Crippen molar-refractivity contribution in [2.45, 2.75) is 37.6 Å². The number of benzene rings is 1. The van der Waals surface area contributed by atoms with Gasteiger partial charge in [-0.05, 0) is 38.0 Å². The van der Waals surface area contributed by atoms with Crippen molar-refractivity contribution in [3.63, 3.8) is 0 Å². The quantitative estimate of drug-likeness (QED) is 0.492. The molecule has 1 aliphatic heterocycles. The van der Waals surface area contributed by atoms with Gasteiger partial charge in [0.15, 0.2) is 5.82 Å². The summed E-state index contributed by atoms with van der Waals surface area (Å²) in [5.74, 6) is -3.56. The zero-order valence-corrected chi connectivity index (χ0v) is 18.6. The predicted octanol–water partition coefficient (Wildman–Crippen LogP) is 3.75. The van der Waals surface area contributed by atoms with Crippen molar-refractivity contribution in [1.82, 2.24) is 10.3 Å². The molecule has 3 amide bonds. The Labute approximate surface area is 195 Å². The molecular weight excluding hydrogens is 487 g/mol. The van der Waals surface area contributed by atoms with E-state index in [9.17, 15) is 36.6 Å². The van der Waals surface area contributed by atoms with Crippen LogP contribution in [0.15, 0.2) is 18.2 Å². The summed E-state index contributed by atoms with van der Waals surface area (Å²) in [5, 5.41) is 12.0. The summed E-state index contributed by atoms with van der Waals surface area (Å²) in [7, 11) is 1.16. The minimum atomic E-state index is -4.86. The van der Waals surface area contributed by atoms with Crippen molar-refractivity contribution in [2.24, 2.45) is 0 Å².